The molecule has 2 aliphatic rings. The third-order valence-electron chi connectivity index (χ3n) is 6.96. The van der Waals surface area contributed by atoms with Crippen LogP contribution in [0, 0.1) is 20.8 Å². The lowest BCUT2D eigenvalue weighted by Gasteiger charge is -2.47. The maximum absolute atomic E-state index is 13.5. The van der Waals surface area contributed by atoms with Gasteiger partial charge in [0.2, 0.25) is 0 Å². The molecule has 2 aliphatic heterocycles. The summed E-state index contributed by atoms with van der Waals surface area (Å²) >= 11 is 5.38. The van der Waals surface area contributed by atoms with E-state index >= 15 is 0 Å². The molecule has 6 heteroatoms. The number of hydrogen-bond donors (Lipinski definition) is 1. The van der Waals surface area contributed by atoms with Gasteiger partial charge in [0.1, 0.15) is 5.57 Å². The van der Waals surface area contributed by atoms with Crippen molar-refractivity contribution >= 4 is 46.6 Å². The number of fused-ring (bicyclic) bond motifs is 1. The number of rotatable bonds is 3. The van der Waals surface area contributed by atoms with Crippen LogP contribution in [0.25, 0.3) is 6.08 Å². The molecule has 1 atom stereocenters. The van der Waals surface area contributed by atoms with Crippen LogP contribution in [0.4, 0.5) is 11.4 Å². The van der Waals surface area contributed by atoms with Crippen molar-refractivity contribution in [2.24, 2.45) is 0 Å². The topological polar surface area (TPSA) is 52.7 Å². The van der Waals surface area contributed by atoms with Crippen LogP contribution in [0.5, 0.6) is 0 Å². The van der Waals surface area contributed by atoms with E-state index in [-0.39, 0.29) is 16.2 Å². The number of anilines is 2. The summed E-state index contributed by atoms with van der Waals surface area (Å²) in [4.78, 5) is 30.2. The molecule has 178 valence electrons. The second-order valence-electron chi connectivity index (χ2n) is 10.2. The third kappa shape index (κ3) is 4.16. The fourth-order valence-corrected chi connectivity index (χ4v) is 5.81. The molecule has 4 rings (SSSR count). The van der Waals surface area contributed by atoms with E-state index in [2.05, 4.69) is 50.0 Å². The highest BCUT2D eigenvalue weighted by molar-refractivity contribution is 7.80. The lowest BCUT2D eigenvalue weighted by atomic mass is 9.79. The Kier molecular flexibility index (Phi) is 6.15. The number of benzene rings is 2. The fraction of sp³-hybridized carbons (Fsp3) is 0.393. The number of nitrogens with one attached hydrogen (secondary N) is 1. The molecule has 2 aromatic carbocycles. The Labute approximate surface area is 207 Å². The quantitative estimate of drug-likeness (QED) is 0.359. The van der Waals surface area contributed by atoms with Gasteiger partial charge in [-0.15, -0.1) is 0 Å². The van der Waals surface area contributed by atoms with Crippen molar-refractivity contribution in [3.8, 4) is 0 Å². The standard InChI is InChI=1S/C28H33N3O2S/c1-8-30-24-12-18(4)20(13-22(24)19(5)15-28(30,6)7)14-23-25(32)29-27(34)31(26(23)33)21-10-16(2)9-17(3)11-21/h9-14,19H,8,15H2,1-7H3,(H,29,32,34)/b23-14+. The minimum absolute atomic E-state index is 0.0783. The van der Waals surface area contributed by atoms with Gasteiger partial charge in [-0.3, -0.25) is 19.8 Å². The average molecular weight is 476 g/mol. The molecular weight excluding hydrogens is 442 g/mol. The molecular formula is C28H33N3O2S. The molecule has 5 nitrogen and oxygen atoms in total. The van der Waals surface area contributed by atoms with E-state index in [9.17, 15) is 9.59 Å². The van der Waals surface area contributed by atoms with Gasteiger partial charge in [-0.25, -0.2) is 0 Å². The molecule has 0 saturated carbocycles. The number of nitrogens with zero attached hydrogens (tertiary/aromatic N) is 2. The predicted octanol–water partition coefficient (Wildman–Crippen LogP) is 5.56. The summed E-state index contributed by atoms with van der Waals surface area (Å²) in [5.41, 5.74) is 7.28. The van der Waals surface area contributed by atoms with Crippen molar-refractivity contribution in [2.45, 2.75) is 66.3 Å². The van der Waals surface area contributed by atoms with Crippen LogP contribution in [0.3, 0.4) is 0 Å². The van der Waals surface area contributed by atoms with Gasteiger partial charge >= 0.3 is 0 Å². The Morgan fingerprint density at radius 3 is 2.35 bits per heavy atom. The van der Waals surface area contributed by atoms with Crippen molar-refractivity contribution in [3.63, 3.8) is 0 Å². The van der Waals surface area contributed by atoms with Gasteiger partial charge in [0.25, 0.3) is 11.8 Å². The summed E-state index contributed by atoms with van der Waals surface area (Å²) in [5, 5.41) is 2.81. The van der Waals surface area contributed by atoms with E-state index in [0.717, 1.165) is 35.2 Å². The van der Waals surface area contributed by atoms with E-state index in [1.165, 1.54) is 16.2 Å². The zero-order chi connectivity index (χ0) is 24.9. The molecule has 1 unspecified atom stereocenters. The van der Waals surface area contributed by atoms with Gasteiger partial charge in [0, 0.05) is 17.8 Å². The highest BCUT2D eigenvalue weighted by Gasteiger charge is 2.37. The maximum Gasteiger partial charge on any atom is 0.270 e. The van der Waals surface area contributed by atoms with Gasteiger partial charge in [-0.2, -0.15) is 0 Å². The van der Waals surface area contributed by atoms with Gasteiger partial charge in [0.15, 0.2) is 5.11 Å². The molecule has 2 heterocycles. The van der Waals surface area contributed by atoms with Gasteiger partial charge in [-0.1, -0.05) is 13.0 Å². The minimum atomic E-state index is -0.461. The van der Waals surface area contributed by atoms with Crippen molar-refractivity contribution in [3.05, 3.63) is 63.7 Å². The molecule has 34 heavy (non-hydrogen) atoms. The zero-order valence-electron chi connectivity index (χ0n) is 21.1. The first-order chi connectivity index (χ1) is 15.9. The highest BCUT2D eigenvalue weighted by Crippen LogP contribution is 2.44. The fourth-order valence-electron chi connectivity index (χ4n) is 5.53. The number of carbonyl (C=O) groups excluding carboxylic acids is 2. The molecule has 0 aliphatic carbocycles. The second kappa shape index (κ2) is 8.66. The molecule has 2 aromatic rings. The van der Waals surface area contributed by atoms with Gasteiger partial charge in [0.05, 0.1) is 5.69 Å². The van der Waals surface area contributed by atoms with Crippen molar-refractivity contribution in [2.75, 3.05) is 16.3 Å². The van der Waals surface area contributed by atoms with Crippen LogP contribution < -0.4 is 15.1 Å². The number of thiocarbonyl (C=S) groups is 1. The normalized spacial score (nSPS) is 21.1. The summed E-state index contributed by atoms with van der Waals surface area (Å²) in [6, 6.07) is 10.2. The number of amides is 2. The number of hydrogen-bond acceptors (Lipinski definition) is 4. The minimum Gasteiger partial charge on any atom is -0.366 e. The first kappa shape index (κ1) is 24.1. The van der Waals surface area contributed by atoms with Crippen LogP contribution >= 0.6 is 12.2 Å². The van der Waals surface area contributed by atoms with Crippen molar-refractivity contribution in [1.82, 2.24) is 5.32 Å². The summed E-state index contributed by atoms with van der Waals surface area (Å²) < 4.78 is 0. The van der Waals surface area contributed by atoms with E-state index in [0.29, 0.717) is 11.6 Å². The molecule has 0 aromatic heterocycles. The molecule has 0 bridgehead atoms. The van der Waals surface area contributed by atoms with E-state index < -0.39 is 11.8 Å². The third-order valence-corrected chi connectivity index (χ3v) is 7.24. The summed E-state index contributed by atoms with van der Waals surface area (Å²) in [6.45, 7) is 15.9. The largest absolute Gasteiger partial charge is 0.366 e. The van der Waals surface area contributed by atoms with Crippen LogP contribution in [0.1, 0.15) is 67.9 Å². The molecule has 1 fully saturated rings. The first-order valence-electron chi connectivity index (χ1n) is 11.8. The van der Waals surface area contributed by atoms with Crippen LogP contribution in [0.2, 0.25) is 0 Å². The second-order valence-corrected chi connectivity index (χ2v) is 10.6. The summed E-state index contributed by atoms with van der Waals surface area (Å²) in [5.74, 6) is -0.488. The Hall–Kier alpha value is -2.99. The average Bonchev–Trinajstić information content (AvgIpc) is 2.70. The monoisotopic (exact) mass is 475 g/mol. The zero-order valence-corrected chi connectivity index (χ0v) is 21.9. The van der Waals surface area contributed by atoms with Crippen LogP contribution in [0.15, 0.2) is 35.9 Å². The van der Waals surface area contributed by atoms with E-state index in [4.69, 9.17) is 12.2 Å². The van der Waals surface area contributed by atoms with Crippen molar-refractivity contribution < 1.29 is 9.59 Å². The summed E-state index contributed by atoms with van der Waals surface area (Å²) in [7, 11) is 0. The first-order valence-corrected chi connectivity index (χ1v) is 12.3. The molecule has 2 amide bonds. The Morgan fingerprint density at radius 1 is 1.09 bits per heavy atom. The van der Waals surface area contributed by atoms with E-state index in [1.807, 2.05) is 39.0 Å². The number of carbonyl (C=O) groups is 2. The van der Waals surface area contributed by atoms with Crippen molar-refractivity contribution in [1.29, 1.82) is 0 Å². The van der Waals surface area contributed by atoms with E-state index in [1.54, 1.807) is 6.08 Å². The number of aryl methyl sites for hydroxylation is 3. The van der Waals surface area contributed by atoms with Crippen LogP contribution in [-0.2, 0) is 9.59 Å². The SMILES string of the molecule is CCN1c2cc(C)c(/C=C3\C(=O)NC(=S)N(c4cc(C)cc(C)c4)C3=O)cc2C(C)CC1(C)C. The highest BCUT2D eigenvalue weighted by atomic mass is 32.1. The molecule has 1 saturated heterocycles. The van der Waals surface area contributed by atoms with Gasteiger partial charge < -0.3 is 4.90 Å². The Balaban J connectivity index is 1.79. The van der Waals surface area contributed by atoms with Crippen LogP contribution in [-0.4, -0.2) is 29.0 Å². The lowest BCUT2D eigenvalue weighted by Crippen LogP contribution is -2.54. The lowest BCUT2D eigenvalue weighted by molar-refractivity contribution is -0.122. The molecule has 0 spiro atoms. The summed E-state index contributed by atoms with van der Waals surface area (Å²) in [6.07, 6.45) is 2.76. The Bertz CT molecular complexity index is 1220. The molecule has 1 N–H and O–H groups in total. The predicted molar refractivity (Wildman–Crippen MR) is 143 cm³/mol. The smallest absolute Gasteiger partial charge is 0.270 e. The Morgan fingerprint density at radius 2 is 1.74 bits per heavy atom. The maximum atomic E-state index is 13.5. The van der Waals surface area contributed by atoms with Gasteiger partial charge in [-0.05, 0) is 124 Å². The molecule has 0 radical (unpaired) electrons.